The molecule has 2 nitrogen and oxygen atoms in total. The Balaban J connectivity index is 2.06. The van der Waals surface area contributed by atoms with Crippen LogP contribution >= 0.6 is 15.9 Å². The first-order valence-electron chi connectivity index (χ1n) is 6.48. The minimum atomic E-state index is 0.597. The van der Waals surface area contributed by atoms with Gasteiger partial charge in [0.15, 0.2) is 0 Å². The monoisotopic (exact) mass is 296 g/mol. The van der Waals surface area contributed by atoms with Crippen LogP contribution in [0.4, 0.5) is 5.69 Å². The third-order valence-electron chi connectivity index (χ3n) is 3.60. The summed E-state index contributed by atoms with van der Waals surface area (Å²) in [5.41, 5.74) is 8.18. The molecule has 0 saturated carbocycles. The van der Waals surface area contributed by atoms with Crippen LogP contribution in [0.1, 0.15) is 31.7 Å². The van der Waals surface area contributed by atoms with Gasteiger partial charge in [0.05, 0.1) is 0 Å². The fourth-order valence-corrected chi connectivity index (χ4v) is 3.14. The molecular weight excluding hydrogens is 276 g/mol. The summed E-state index contributed by atoms with van der Waals surface area (Å²) in [5, 5.41) is 0. The average Bonchev–Trinajstić information content (AvgIpc) is 2.78. The Morgan fingerprint density at radius 3 is 2.94 bits per heavy atom. The first-order valence-corrected chi connectivity index (χ1v) is 7.27. The van der Waals surface area contributed by atoms with Crippen molar-refractivity contribution in [3.8, 4) is 0 Å². The van der Waals surface area contributed by atoms with Gasteiger partial charge in [0, 0.05) is 29.8 Å². The molecule has 0 radical (unpaired) electrons. The van der Waals surface area contributed by atoms with Crippen molar-refractivity contribution in [2.75, 3.05) is 18.0 Å². The van der Waals surface area contributed by atoms with Gasteiger partial charge in [-0.1, -0.05) is 35.3 Å². The lowest BCUT2D eigenvalue weighted by Crippen LogP contribution is -2.19. The maximum Gasteiger partial charge on any atom is 0.0377 e. The van der Waals surface area contributed by atoms with Gasteiger partial charge in [-0.15, -0.1) is 0 Å². The quantitative estimate of drug-likeness (QED) is 0.921. The van der Waals surface area contributed by atoms with Crippen molar-refractivity contribution in [2.24, 2.45) is 11.7 Å². The van der Waals surface area contributed by atoms with Gasteiger partial charge < -0.3 is 10.6 Å². The zero-order valence-electron chi connectivity index (χ0n) is 10.5. The molecule has 1 aromatic carbocycles. The molecule has 17 heavy (non-hydrogen) atoms. The first-order chi connectivity index (χ1) is 8.24. The van der Waals surface area contributed by atoms with E-state index in [9.17, 15) is 0 Å². The SMILES string of the molecule is CCCC1CCN(c2ccc(CN)c(Br)c2)C1. The van der Waals surface area contributed by atoms with Crippen LogP contribution in [-0.4, -0.2) is 13.1 Å². The lowest BCUT2D eigenvalue weighted by molar-refractivity contribution is 0.530. The van der Waals surface area contributed by atoms with Crippen molar-refractivity contribution in [3.05, 3.63) is 28.2 Å². The zero-order valence-corrected chi connectivity index (χ0v) is 12.0. The number of hydrogen-bond acceptors (Lipinski definition) is 2. The van der Waals surface area contributed by atoms with E-state index >= 15 is 0 Å². The molecule has 1 unspecified atom stereocenters. The van der Waals surface area contributed by atoms with Crippen molar-refractivity contribution in [1.29, 1.82) is 0 Å². The van der Waals surface area contributed by atoms with Gasteiger partial charge in [-0.3, -0.25) is 0 Å². The second kappa shape index (κ2) is 5.87. The van der Waals surface area contributed by atoms with E-state index in [2.05, 4.69) is 46.0 Å². The molecule has 1 aliphatic heterocycles. The molecule has 0 amide bonds. The third-order valence-corrected chi connectivity index (χ3v) is 4.34. The third kappa shape index (κ3) is 3.02. The van der Waals surface area contributed by atoms with Crippen molar-refractivity contribution in [1.82, 2.24) is 0 Å². The predicted molar refractivity (Wildman–Crippen MR) is 77.3 cm³/mol. The number of halogens is 1. The summed E-state index contributed by atoms with van der Waals surface area (Å²) >= 11 is 3.59. The number of nitrogens with two attached hydrogens (primary N) is 1. The molecule has 1 heterocycles. The van der Waals surface area contributed by atoms with E-state index in [1.165, 1.54) is 43.6 Å². The number of nitrogens with zero attached hydrogens (tertiary/aromatic N) is 1. The normalized spacial score (nSPS) is 19.9. The van der Waals surface area contributed by atoms with E-state index in [4.69, 9.17) is 5.73 Å². The van der Waals surface area contributed by atoms with Crippen LogP contribution in [0.2, 0.25) is 0 Å². The topological polar surface area (TPSA) is 29.3 Å². The minimum absolute atomic E-state index is 0.597. The van der Waals surface area contributed by atoms with Crippen LogP contribution in [0.3, 0.4) is 0 Å². The number of benzene rings is 1. The highest BCUT2D eigenvalue weighted by molar-refractivity contribution is 9.10. The standard InChI is InChI=1S/C14H21BrN2/c1-2-3-11-6-7-17(10-11)13-5-4-12(9-16)14(15)8-13/h4-5,8,11H,2-3,6-7,9-10,16H2,1H3. The van der Waals surface area contributed by atoms with E-state index < -0.39 is 0 Å². The highest BCUT2D eigenvalue weighted by Crippen LogP contribution is 2.29. The summed E-state index contributed by atoms with van der Waals surface area (Å²) in [6.45, 7) is 5.27. The average molecular weight is 297 g/mol. The van der Waals surface area contributed by atoms with Crippen molar-refractivity contribution < 1.29 is 0 Å². The molecule has 0 aliphatic carbocycles. The second-order valence-corrected chi connectivity index (χ2v) is 5.72. The molecular formula is C14H21BrN2. The van der Waals surface area contributed by atoms with Gasteiger partial charge >= 0.3 is 0 Å². The Labute approximate surface area is 112 Å². The molecule has 1 aliphatic rings. The summed E-state index contributed by atoms with van der Waals surface area (Å²) in [7, 11) is 0. The summed E-state index contributed by atoms with van der Waals surface area (Å²) in [4.78, 5) is 2.49. The van der Waals surface area contributed by atoms with Crippen LogP contribution in [0.25, 0.3) is 0 Å². The molecule has 2 N–H and O–H groups in total. The number of hydrogen-bond donors (Lipinski definition) is 1. The smallest absolute Gasteiger partial charge is 0.0377 e. The lowest BCUT2D eigenvalue weighted by Gasteiger charge is -2.19. The lowest BCUT2D eigenvalue weighted by atomic mass is 10.0. The zero-order chi connectivity index (χ0) is 12.3. The van der Waals surface area contributed by atoms with Gasteiger partial charge in [-0.05, 0) is 36.5 Å². The minimum Gasteiger partial charge on any atom is -0.371 e. The molecule has 0 spiro atoms. The molecule has 2 rings (SSSR count). The maximum atomic E-state index is 5.67. The summed E-state index contributed by atoms with van der Waals surface area (Å²) in [6.07, 6.45) is 4.00. The molecule has 1 aromatic rings. The summed E-state index contributed by atoms with van der Waals surface area (Å²) < 4.78 is 1.14. The second-order valence-electron chi connectivity index (χ2n) is 4.87. The Morgan fingerprint density at radius 1 is 1.47 bits per heavy atom. The van der Waals surface area contributed by atoms with Crippen LogP contribution in [0, 0.1) is 5.92 Å². The van der Waals surface area contributed by atoms with E-state index in [-0.39, 0.29) is 0 Å². The Kier molecular flexibility index (Phi) is 4.46. The largest absolute Gasteiger partial charge is 0.371 e. The van der Waals surface area contributed by atoms with E-state index in [0.29, 0.717) is 6.54 Å². The van der Waals surface area contributed by atoms with Crippen LogP contribution in [-0.2, 0) is 6.54 Å². The summed E-state index contributed by atoms with van der Waals surface area (Å²) in [5.74, 6) is 0.882. The fraction of sp³-hybridized carbons (Fsp3) is 0.571. The van der Waals surface area contributed by atoms with Crippen LogP contribution in [0.5, 0.6) is 0 Å². The van der Waals surface area contributed by atoms with Crippen LogP contribution < -0.4 is 10.6 Å². The van der Waals surface area contributed by atoms with Gasteiger partial charge in [-0.2, -0.15) is 0 Å². The van der Waals surface area contributed by atoms with Gasteiger partial charge in [0.25, 0.3) is 0 Å². The van der Waals surface area contributed by atoms with E-state index in [1.54, 1.807) is 0 Å². The molecule has 1 saturated heterocycles. The van der Waals surface area contributed by atoms with Crippen molar-refractivity contribution >= 4 is 21.6 Å². The van der Waals surface area contributed by atoms with Gasteiger partial charge in [0.1, 0.15) is 0 Å². The molecule has 0 bridgehead atoms. The predicted octanol–water partition coefficient (Wildman–Crippen LogP) is 3.53. The molecule has 94 valence electrons. The molecule has 3 heteroatoms. The number of anilines is 1. The van der Waals surface area contributed by atoms with E-state index in [0.717, 1.165) is 10.4 Å². The van der Waals surface area contributed by atoms with Crippen molar-refractivity contribution in [2.45, 2.75) is 32.7 Å². The van der Waals surface area contributed by atoms with E-state index in [1.807, 2.05) is 0 Å². The highest BCUT2D eigenvalue weighted by atomic mass is 79.9. The first kappa shape index (κ1) is 12.9. The number of rotatable bonds is 4. The fourth-order valence-electron chi connectivity index (χ4n) is 2.61. The van der Waals surface area contributed by atoms with Crippen molar-refractivity contribution in [3.63, 3.8) is 0 Å². The maximum absolute atomic E-state index is 5.67. The highest BCUT2D eigenvalue weighted by Gasteiger charge is 2.22. The molecule has 0 aromatic heterocycles. The molecule has 1 fully saturated rings. The summed E-state index contributed by atoms with van der Waals surface area (Å²) in [6, 6.07) is 6.53. The van der Waals surface area contributed by atoms with Gasteiger partial charge in [0.2, 0.25) is 0 Å². The Hall–Kier alpha value is -0.540. The van der Waals surface area contributed by atoms with Crippen LogP contribution in [0.15, 0.2) is 22.7 Å². The Bertz CT molecular complexity index is 378. The van der Waals surface area contributed by atoms with Gasteiger partial charge in [-0.25, -0.2) is 0 Å². The Morgan fingerprint density at radius 2 is 2.29 bits per heavy atom. The molecule has 1 atom stereocenters.